The van der Waals surface area contributed by atoms with Crippen molar-refractivity contribution in [3.05, 3.63) is 24.3 Å². The van der Waals surface area contributed by atoms with E-state index in [0.29, 0.717) is 24.3 Å². The lowest BCUT2D eigenvalue weighted by Crippen LogP contribution is -2.37. The number of rotatable bonds is 5. The first-order valence-electron chi connectivity index (χ1n) is 6.48. The van der Waals surface area contributed by atoms with E-state index in [1.54, 1.807) is 24.3 Å². The second kappa shape index (κ2) is 6.74. The van der Waals surface area contributed by atoms with E-state index in [2.05, 4.69) is 15.4 Å². The first-order chi connectivity index (χ1) is 10.1. The molecule has 1 fully saturated rings. The molecule has 1 aliphatic rings. The average Bonchev–Trinajstić information content (AvgIpc) is 2.92. The van der Waals surface area contributed by atoms with Crippen LogP contribution in [0.25, 0.3) is 0 Å². The molecule has 1 saturated heterocycles. The van der Waals surface area contributed by atoms with Crippen LogP contribution in [0.3, 0.4) is 0 Å². The maximum atomic E-state index is 11.9. The zero-order valence-corrected chi connectivity index (χ0v) is 11.5. The molecule has 1 aromatic rings. The van der Waals surface area contributed by atoms with Crippen LogP contribution >= 0.6 is 0 Å². The number of ether oxygens (including phenoxy) is 2. The van der Waals surface area contributed by atoms with Crippen molar-refractivity contribution >= 4 is 23.5 Å². The number of anilines is 1. The third-order valence-electron chi connectivity index (χ3n) is 3.00. The number of amides is 2. The summed E-state index contributed by atoms with van der Waals surface area (Å²) in [6.45, 7) is -0.202. The molecule has 2 N–H and O–H groups in total. The number of nitrogens with one attached hydrogen (secondary N) is 2. The van der Waals surface area contributed by atoms with Crippen LogP contribution in [0.2, 0.25) is 0 Å². The van der Waals surface area contributed by atoms with Crippen LogP contribution < -0.4 is 15.4 Å². The van der Waals surface area contributed by atoms with Gasteiger partial charge < -0.3 is 20.1 Å². The lowest BCUT2D eigenvalue weighted by molar-refractivity contribution is -0.142. The van der Waals surface area contributed by atoms with Gasteiger partial charge in [0.15, 0.2) is 6.61 Å². The van der Waals surface area contributed by atoms with Gasteiger partial charge in [-0.15, -0.1) is 0 Å². The van der Waals surface area contributed by atoms with Crippen LogP contribution in [0.1, 0.15) is 12.8 Å². The Morgan fingerprint density at radius 3 is 2.90 bits per heavy atom. The van der Waals surface area contributed by atoms with Gasteiger partial charge in [-0.1, -0.05) is 6.07 Å². The molecule has 7 nitrogen and oxygen atoms in total. The van der Waals surface area contributed by atoms with Crippen LogP contribution in [0.15, 0.2) is 24.3 Å². The van der Waals surface area contributed by atoms with Crippen LogP contribution in [-0.2, 0) is 19.1 Å². The molecule has 1 atom stereocenters. The topological polar surface area (TPSA) is 93.7 Å². The fraction of sp³-hybridized carbons (Fsp3) is 0.357. The Hall–Kier alpha value is -2.57. The molecule has 1 aromatic carbocycles. The zero-order chi connectivity index (χ0) is 15.2. The second-order valence-electron chi connectivity index (χ2n) is 4.54. The van der Waals surface area contributed by atoms with Crippen molar-refractivity contribution in [3.63, 3.8) is 0 Å². The van der Waals surface area contributed by atoms with Crippen molar-refractivity contribution in [2.75, 3.05) is 19.0 Å². The highest BCUT2D eigenvalue weighted by atomic mass is 16.6. The third-order valence-corrected chi connectivity index (χ3v) is 3.00. The smallest absolute Gasteiger partial charge is 0.343 e. The maximum absolute atomic E-state index is 11.9. The Labute approximate surface area is 121 Å². The highest BCUT2D eigenvalue weighted by Crippen LogP contribution is 2.18. The summed E-state index contributed by atoms with van der Waals surface area (Å²) in [5, 5.41) is 5.29. The molecule has 2 rings (SSSR count). The molecule has 1 unspecified atom stereocenters. The number of hydrogen-bond acceptors (Lipinski definition) is 5. The summed E-state index contributed by atoms with van der Waals surface area (Å²) in [4.78, 5) is 34.0. The standard InChI is InChI=1S/C14H16N2O5/c1-20-13(18)8-21-10-4-2-3-9(7-10)15-14(19)11-5-6-12(17)16-11/h2-4,7,11H,5-6,8H2,1H3,(H,15,19)(H,16,17). The van der Waals surface area contributed by atoms with Gasteiger partial charge in [0, 0.05) is 18.2 Å². The average molecular weight is 292 g/mol. The summed E-state index contributed by atoms with van der Waals surface area (Å²) in [6, 6.07) is 6.14. The summed E-state index contributed by atoms with van der Waals surface area (Å²) >= 11 is 0. The van der Waals surface area contributed by atoms with Gasteiger partial charge in [0.2, 0.25) is 11.8 Å². The molecule has 0 bridgehead atoms. The number of carbonyl (C=O) groups excluding carboxylic acids is 3. The number of hydrogen-bond donors (Lipinski definition) is 2. The van der Waals surface area contributed by atoms with Crippen molar-refractivity contribution in [2.24, 2.45) is 0 Å². The van der Waals surface area contributed by atoms with Crippen molar-refractivity contribution in [1.82, 2.24) is 5.32 Å². The van der Waals surface area contributed by atoms with Gasteiger partial charge in [-0.05, 0) is 18.6 Å². The Balaban J connectivity index is 1.92. The summed E-state index contributed by atoms with van der Waals surface area (Å²) in [7, 11) is 1.28. The van der Waals surface area contributed by atoms with Gasteiger partial charge >= 0.3 is 5.97 Å². The first-order valence-corrected chi connectivity index (χ1v) is 6.48. The van der Waals surface area contributed by atoms with E-state index in [1.165, 1.54) is 7.11 Å². The Morgan fingerprint density at radius 2 is 2.24 bits per heavy atom. The van der Waals surface area contributed by atoms with Crippen molar-refractivity contribution in [1.29, 1.82) is 0 Å². The molecule has 112 valence electrons. The third kappa shape index (κ3) is 4.20. The van der Waals surface area contributed by atoms with Gasteiger partial charge in [0.05, 0.1) is 7.11 Å². The molecular weight excluding hydrogens is 276 g/mol. The quantitative estimate of drug-likeness (QED) is 0.769. The fourth-order valence-corrected chi connectivity index (χ4v) is 1.90. The highest BCUT2D eigenvalue weighted by molar-refractivity contribution is 5.99. The van der Waals surface area contributed by atoms with E-state index in [1.807, 2.05) is 0 Å². The molecule has 2 amide bonds. The molecule has 0 spiro atoms. The molecular formula is C14H16N2O5. The summed E-state index contributed by atoms with van der Waals surface area (Å²) in [5.41, 5.74) is 0.531. The van der Waals surface area contributed by atoms with Crippen molar-refractivity contribution in [2.45, 2.75) is 18.9 Å². The molecule has 0 saturated carbocycles. The van der Waals surface area contributed by atoms with Crippen LogP contribution in [-0.4, -0.2) is 37.5 Å². The SMILES string of the molecule is COC(=O)COc1cccc(NC(=O)C2CCC(=O)N2)c1. The molecule has 1 aliphatic heterocycles. The zero-order valence-electron chi connectivity index (χ0n) is 11.5. The molecule has 1 heterocycles. The Kier molecular flexibility index (Phi) is 4.76. The number of esters is 1. The van der Waals surface area contributed by atoms with Crippen LogP contribution in [0.4, 0.5) is 5.69 Å². The van der Waals surface area contributed by atoms with Crippen molar-refractivity contribution < 1.29 is 23.9 Å². The van der Waals surface area contributed by atoms with Gasteiger partial charge in [-0.25, -0.2) is 4.79 Å². The minimum atomic E-state index is -0.503. The monoisotopic (exact) mass is 292 g/mol. The number of benzene rings is 1. The molecule has 0 aliphatic carbocycles. The molecule has 21 heavy (non-hydrogen) atoms. The van der Waals surface area contributed by atoms with E-state index in [9.17, 15) is 14.4 Å². The normalized spacial score (nSPS) is 17.0. The maximum Gasteiger partial charge on any atom is 0.343 e. The van der Waals surface area contributed by atoms with Gasteiger partial charge in [0.25, 0.3) is 0 Å². The Morgan fingerprint density at radius 1 is 1.43 bits per heavy atom. The summed E-state index contributed by atoms with van der Waals surface area (Å²) in [6.07, 6.45) is 0.851. The predicted octanol–water partition coefficient (Wildman–Crippen LogP) is 0.455. The highest BCUT2D eigenvalue weighted by Gasteiger charge is 2.27. The summed E-state index contributed by atoms with van der Waals surface area (Å²) in [5.74, 6) is -0.442. The fourth-order valence-electron chi connectivity index (χ4n) is 1.90. The second-order valence-corrected chi connectivity index (χ2v) is 4.54. The molecule has 7 heteroatoms. The van der Waals surface area contributed by atoms with E-state index < -0.39 is 12.0 Å². The number of carbonyl (C=O) groups is 3. The molecule has 0 radical (unpaired) electrons. The van der Waals surface area contributed by atoms with Gasteiger partial charge in [-0.3, -0.25) is 9.59 Å². The summed E-state index contributed by atoms with van der Waals surface area (Å²) < 4.78 is 9.70. The van der Waals surface area contributed by atoms with E-state index in [4.69, 9.17) is 4.74 Å². The largest absolute Gasteiger partial charge is 0.482 e. The van der Waals surface area contributed by atoms with E-state index in [-0.39, 0.29) is 18.4 Å². The minimum absolute atomic E-state index is 0.120. The van der Waals surface area contributed by atoms with Crippen LogP contribution in [0, 0.1) is 0 Å². The van der Waals surface area contributed by atoms with Crippen molar-refractivity contribution in [3.8, 4) is 5.75 Å². The number of methoxy groups -OCH3 is 1. The first kappa shape index (κ1) is 14.8. The lowest BCUT2D eigenvalue weighted by atomic mass is 10.2. The van der Waals surface area contributed by atoms with Crippen LogP contribution in [0.5, 0.6) is 5.75 Å². The molecule has 0 aromatic heterocycles. The van der Waals surface area contributed by atoms with E-state index in [0.717, 1.165) is 0 Å². The Bertz CT molecular complexity index is 558. The minimum Gasteiger partial charge on any atom is -0.482 e. The van der Waals surface area contributed by atoms with Gasteiger partial charge in [0.1, 0.15) is 11.8 Å². The predicted molar refractivity (Wildman–Crippen MR) is 73.7 cm³/mol. The lowest BCUT2D eigenvalue weighted by Gasteiger charge is -2.12. The van der Waals surface area contributed by atoms with E-state index >= 15 is 0 Å². The van der Waals surface area contributed by atoms with Gasteiger partial charge in [-0.2, -0.15) is 0 Å².